The molecule has 4 N–H and O–H groups in total. The van der Waals surface area contributed by atoms with Gasteiger partial charge in [0, 0.05) is 5.56 Å². The Morgan fingerprint density at radius 1 is 1.43 bits per heavy atom. The van der Waals surface area contributed by atoms with Crippen LogP contribution in [0.5, 0.6) is 5.75 Å². The van der Waals surface area contributed by atoms with Crippen molar-refractivity contribution in [1.82, 2.24) is 15.2 Å². The molecule has 0 bridgehead atoms. The average molecular weight is 190 g/mol. The van der Waals surface area contributed by atoms with Crippen molar-refractivity contribution < 1.29 is 5.11 Å². The summed E-state index contributed by atoms with van der Waals surface area (Å²) in [5.74, 6) is 1.08. The van der Waals surface area contributed by atoms with Gasteiger partial charge in [-0.15, -0.1) is 5.10 Å². The van der Waals surface area contributed by atoms with Gasteiger partial charge in [-0.1, -0.05) is 0 Å². The van der Waals surface area contributed by atoms with E-state index in [4.69, 9.17) is 5.73 Å². The minimum Gasteiger partial charge on any atom is -0.508 e. The Hall–Kier alpha value is -2.04. The molecular weight excluding hydrogens is 180 g/mol. The van der Waals surface area contributed by atoms with E-state index in [2.05, 4.69) is 15.2 Å². The average Bonchev–Trinajstić information content (AvgIpc) is 2.57. The zero-order valence-corrected chi connectivity index (χ0v) is 7.65. The van der Waals surface area contributed by atoms with E-state index >= 15 is 0 Å². The lowest BCUT2D eigenvalue weighted by Crippen LogP contribution is -1.85. The minimum absolute atomic E-state index is 0.214. The standard InChI is InChI=1S/C9H10N4O/c1-5-4-6(2-3-7(5)14)8-11-9(10)13-12-8/h2-4,14H,1H3,(H3,10,11,12,13). The number of anilines is 1. The van der Waals surface area contributed by atoms with Gasteiger partial charge in [0.15, 0.2) is 5.82 Å². The van der Waals surface area contributed by atoms with Crippen LogP contribution in [0, 0.1) is 6.92 Å². The van der Waals surface area contributed by atoms with Crippen molar-refractivity contribution in [3.8, 4) is 17.1 Å². The predicted octanol–water partition coefficient (Wildman–Crippen LogP) is 1.07. The second kappa shape index (κ2) is 3.02. The number of aromatic amines is 1. The van der Waals surface area contributed by atoms with Gasteiger partial charge in [-0.2, -0.15) is 4.98 Å². The molecule has 0 saturated heterocycles. The maximum Gasteiger partial charge on any atom is 0.239 e. The smallest absolute Gasteiger partial charge is 0.239 e. The van der Waals surface area contributed by atoms with E-state index in [0.717, 1.165) is 11.1 Å². The van der Waals surface area contributed by atoms with E-state index in [0.29, 0.717) is 5.82 Å². The number of nitrogens with zero attached hydrogens (tertiary/aromatic N) is 2. The highest BCUT2D eigenvalue weighted by Gasteiger charge is 2.04. The van der Waals surface area contributed by atoms with Crippen LogP contribution in [-0.4, -0.2) is 20.3 Å². The van der Waals surface area contributed by atoms with E-state index < -0.39 is 0 Å². The van der Waals surface area contributed by atoms with Crippen LogP contribution in [0.1, 0.15) is 5.56 Å². The molecule has 2 aromatic rings. The first-order valence-electron chi connectivity index (χ1n) is 4.14. The van der Waals surface area contributed by atoms with Crippen LogP contribution in [-0.2, 0) is 0 Å². The van der Waals surface area contributed by atoms with Crippen LogP contribution in [0.3, 0.4) is 0 Å². The second-order valence-electron chi connectivity index (χ2n) is 3.04. The maximum atomic E-state index is 9.32. The van der Waals surface area contributed by atoms with Crippen LogP contribution >= 0.6 is 0 Å². The fourth-order valence-corrected chi connectivity index (χ4v) is 1.21. The third-order valence-corrected chi connectivity index (χ3v) is 1.97. The number of aromatic nitrogens is 3. The number of H-pyrrole nitrogens is 1. The van der Waals surface area contributed by atoms with Gasteiger partial charge in [0.2, 0.25) is 5.95 Å². The lowest BCUT2D eigenvalue weighted by molar-refractivity contribution is 0.471. The fourth-order valence-electron chi connectivity index (χ4n) is 1.21. The summed E-state index contributed by atoms with van der Waals surface area (Å²) < 4.78 is 0. The van der Waals surface area contributed by atoms with Gasteiger partial charge in [0.25, 0.3) is 0 Å². The Morgan fingerprint density at radius 3 is 2.79 bits per heavy atom. The van der Waals surface area contributed by atoms with Gasteiger partial charge in [-0.3, -0.25) is 5.10 Å². The lowest BCUT2D eigenvalue weighted by Gasteiger charge is -2.00. The van der Waals surface area contributed by atoms with Crippen molar-refractivity contribution in [1.29, 1.82) is 0 Å². The zero-order valence-electron chi connectivity index (χ0n) is 7.65. The molecule has 0 fully saturated rings. The van der Waals surface area contributed by atoms with Crippen LogP contribution < -0.4 is 5.73 Å². The van der Waals surface area contributed by atoms with E-state index in [1.807, 2.05) is 13.0 Å². The number of hydrogen-bond acceptors (Lipinski definition) is 4. The summed E-state index contributed by atoms with van der Waals surface area (Å²) in [6, 6.07) is 5.18. The largest absolute Gasteiger partial charge is 0.508 e. The topological polar surface area (TPSA) is 87.8 Å². The molecule has 5 nitrogen and oxygen atoms in total. The summed E-state index contributed by atoms with van der Waals surface area (Å²) >= 11 is 0. The molecule has 0 unspecified atom stereocenters. The summed E-state index contributed by atoms with van der Waals surface area (Å²) in [6.07, 6.45) is 0. The highest BCUT2D eigenvalue weighted by molar-refractivity contribution is 5.58. The van der Waals surface area contributed by atoms with Gasteiger partial charge in [0.05, 0.1) is 0 Å². The van der Waals surface area contributed by atoms with Crippen molar-refractivity contribution in [2.45, 2.75) is 6.92 Å². The number of aryl methyl sites for hydroxylation is 1. The normalized spacial score (nSPS) is 10.4. The van der Waals surface area contributed by atoms with Crippen molar-refractivity contribution in [2.24, 2.45) is 0 Å². The molecule has 0 atom stereocenters. The number of nitrogen functional groups attached to an aromatic ring is 1. The summed E-state index contributed by atoms with van der Waals surface area (Å²) in [5.41, 5.74) is 7.02. The molecule has 0 aliphatic carbocycles. The molecule has 0 radical (unpaired) electrons. The van der Waals surface area contributed by atoms with Gasteiger partial charge in [0.1, 0.15) is 5.75 Å². The van der Waals surface area contributed by atoms with Crippen LogP contribution in [0.25, 0.3) is 11.4 Å². The zero-order chi connectivity index (χ0) is 10.1. The number of phenolic OH excluding ortho intramolecular Hbond substituents is 1. The molecule has 14 heavy (non-hydrogen) atoms. The molecular formula is C9H10N4O. The Kier molecular flexibility index (Phi) is 1.85. The molecule has 0 spiro atoms. The van der Waals surface area contributed by atoms with Crippen molar-refractivity contribution in [3.63, 3.8) is 0 Å². The van der Waals surface area contributed by atoms with Crippen LogP contribution in [0.15, 0.2) is 18.2 Å². The van der Waals surface area contributed by atoms with Crippen molar-refractivity contribution in [3.05, 3.63) is 23.8 Å². The number of benzene rings is 1. The molecule has 0 aliphatic rings. The number of hydrogen-bond donors (Lipinski definition) is 3. The summed E-state index contributed by atoms with van der Waals surface area (Å²) in [5, 5.41) is 15.7. The van der Waals surface area contributed by atoms with E-state index in [9.17, 15) is 5.11 Å². The molecule has 1 aromatic carbocycles. The Labute approximate surface area is 80.6 Å². The van der Waals surface area contributed by atoms with Gasteiger partial charge >= 0.3 is 0 Å². The first-order chi connectivity index (χ1) is 6.66. The molecule has 0 aliphatic heterocycles. The highest BCUT2D eigenvalue weighted by atomic mass is 16.3. The quantitative estimate of drug-likeness (QED) is 0.627. The Balaban J connectivity index is 2.47. The number of nitrogens with two attached hydrogens (primary N) is 1. The Morgan fingerprint density at radius 2 is 2.21 bits per heavy atom. The first kappa shape index (κ1) is 8.55. The predicted molar refractivity (Wildman–Crippen MR) is 52.6 cm³/mol. The van der Waals surface area contributed by atoms with Crippen molar-refractivity contribution >= 4 is 5.95 Å². The minimum atomic E-state index is 0.214. The molecule has 0 amide bonds. The molecule has 5 heteroatoms. The summed E-state index contributed by atoms with van der Waals surface area (Å²) in [4.78, 5) is 3.98. The Bertz CT molecular complexity index is 464. The van der Waals surface area contributed by atoms with Gasteiger partial charge in [-0.05, 0) is 30.7 Å². The molecule has 0 saturated carbocycles. The van der Waals surface area contributed by atoms with Crippen molar-refractivity contribution in [2.75, 3.05) is 5.73 Å². The molecule has 1 aromatic heterocycles. The number of aromatic hydroxyl groups is 1. The summed E-state index contributed by atoms with van der Waals surface area (Å²) in [7, 11) is 0. The number of rotatable bonds is 1. The molecule has 72 valence electrons. The maximum absolute atomic E-state index is 9.32. The van der Waals surface area contributed by atoms with E-state index in [-0.39, 0.29) is 11.7 Å². The van der Waals surface area contributed by atoms with Gasteiger partial charge in [-0.25, -0.2) is 0 Å². The van der Waals surface area contributed by atoms with E-state index in [1.54, 1.807) is 12.1 Å². The lowest BCUT2D eigenvalue weighted by atomic mass is 10.1. The second-order valence-corrected chi connectivity index (χ2v) is 3.04. The first-order valence-corrected chi connectivity index (χ1v) is 4.14. The van der Waals surface area contributed by atoms with Crippen LogP contribution in [0.4, 0.5) is 5.95 Å². The third kappa shape index (κ3) is 1.39. The molecule has 2 rings (SSSR count). The number of phenols is 1. The molecule has 1 heterocycles. The highest BCUT2D eigenvalue weighted by Crippen LogP contribution is 2.22. The SMILES string of the molecule is Cc1cc(-c2nc(N)n[nH]2)ccc1O. The fraction of sp³-hybridized carbons (Fsp3) is 0.111. The van der Waals surface area contributed by atoms with Gasteiger partial charge < -0.3 is 10.8 Å². The monoisotopic (exact) mass is 190 g/mol. The third-order valence-electron chi connectivity index (χ3n) is 1.97. The van der Waals surface area contributed by atoms with Crippen LogP contribution in [0.2, 0.25) is 0 Å². The number of nitrogens with one attached hydrogen (secondary N) is 1. The van der Waals surface area contributed by atoms with E-state index in [1.165, 1.54) is 0 Å². The summed E-state index contributed by atoms with van der Waals surface area (Å²) in [6.45, 7) is 1.82.